The monoisotopic (exact) mass is 369 g/mol. The van der Waals surface area contributed by atoms with Crippen LogP contribution in [0.15, 0.2) is 30.3 Å². The summed E-state index contributed by atoms with van der Waals surface area (Å²) in [6.07, 6.45) is 0.258. The Bertz CT molecular complexity index is 470. The summed E-state index contributed by atoms with van der Waals surface area (Å²) >= 11 is 4.95. The number of hydrogen-bond donors (Lipinski definition) is 2. The van der Waals surface area contributed by atoms with Crippen molar-refractivity contribution < 1.29 is 42.4 Å². The molecule has 6 nitrogen and oxygen atoms in total. The average Bonchev–Trinajstić information content (AvgIpc) is 2.37. The Morgan fingerprint density at radius 2 is 2.00 bits per heavy atom. The molecule has 102 valence electrons. The predicted molar refractivity (Wildman–Crippen MR) is 75.0 cm³/mol. The number of carbonyl (C=O) groups excluding carboxylic acids is 1. The van der Waals surface area contributed by atoms with Crippen molar-refractivity contribution in [3.05, 3.63) is 52.1 Å². The van der Waals surface area contributed by atoms with Crippen molar-refractivity contribution in [3.63, 3.8) is 0 Å². The van der Waals surface area contributed by atoms with Crippen LogP contribution >= 0.6 is 12.2 Å². The molecule has 0 heterocycles. The van der Waals surface area contributed by atoms with Crippen LogP contribution in [0.2, 0.25) is 0 Å². The van der Waals surface area contributed by atoms with Gasteiger partial charge in [0.15, 0.2) is 6.54 Å². The fraction of sp³-hybridized carbons (Fsp3) is 0.250. The summed E-state index contributed by atoms with van der Waals surface area (Å²) < 4.78 is 0. The van der Waals surface area contributed by atoms with Crippen LogP contribution in [0.4, 0.5) is 0 Å². The van der Waals surface area contributed by atoms with E-state index in [4.69, 9.17) is 12.2 Å². The van der Waals surface area contributed by atoms with Crippen LogP contribution < -0.4 is 10.6 Å². The smallest absolute Gasteiger partial charge is 0.509 e. The number of nitrogens with one attached hydrogen (secondary N) is 2. The van der Waals surface area contributed by atoms with Crippen molar-refractivity contribution in [2.24, 2.45) is 0 Å². The first-order chi connectivity index (χ1) is 8.99. The second-order valence-corrected chi connectivity index (χ2v) is 4.27. The molecule has 20 heavy (non-hydrogen) atoms. The summed E-state index contributed by atoms with van der Waals surface area (Å²) in [5.74, 6) is -0.319. The molecule has 0 fully saturated rings. The summed E-state index contributed by atoms with van der Waals surface area (Å²) in [5.41, 5.74) is 0.495. The van der Waals surface area contributed by atoms with Crippen molar-refractivity contribution in [1.82, 2.24) is 10.6 Å². The molecule has 0 aromatic heterocycles. The molecule has 1 amide bonds. The Kier molecular flexibility index (Phi) is 9.45. The summed E-state index contributed by atoms with van der Waals surface area (Å²) in [7, 11) is 0. The second-order valence-electron chi connectivity index (χ2n) is 3.86. The second kappa shape index (κ2) is 9.90. The van der Waals surface area contributed by atoms with E-state index < -0.39 is 4.92 Å². The molecular formula is C12H14N3O3SY+2. The summed E-state index contributed by atoms with van der Waals surface area (Å²) in [6, 6.07) is 9.28. The standard InChI is InChI=1S/C12H14N3O3S.Y/c1-9(7-8-15(17)18)13-12(19)14-11(16)10-5-3-2-4-6-10;/h2-6H,7-8H2,1H3,(H2,13,14,16,19);/q-1;+3. The average molecular weight is 369 g/mol. The van der Waals surface area contributed by atoms with Crippen molar-refractivity contribution >= 4 is 23.2 Å². The van der Waals surface area contributed by atoms with Gasteiger partial charge in [0.25, 0.3) is 5.91 Å². The Labute approximate surface area is 147 Å². The number of thiocarbonyl (C=S) groups is 1. The maximum atomic E-state index is 11.7. The van der Waals surface area contributed by atoms with Gasteiger partial charge in [-0.25, -0.2) is 6.04 Å². The van der Waals surface area contributed by atoms with Gasteiger partial charge < -0.3 is 10.6 Å². The number of rotatable bonds is 5. The molecule has 0 aliphatic rings. The van der Waals surface area contributed by atoms with E-state index in [1.807, 2.05) is 6.07 Å². The van der Waals surface area contributed by atoms with Gasteiger partial charge >= 0.3 is 32.7 Å². The van der Waals surface area contributed by atoms with Crippen LogP contribution in [0.1, 0.15) is 23.7 Å². The van der Waals surface area contributed by atoms with Gasteiger partial charge in [0.05, 0.1) is 0 Å². The molecule has 2 N–H and O–H groups in total. The molecule has 0 aliphatic carbocycles. The van der Waals surface area contributed by atoms with Crippen molar-refractivity contribution in [1.29, 1.82) is 0 Å². The maximum absolute atomic E-state index is 11.7. The number of hydrogen-bond acceptors (Lipinski definition) is 4. The van der Waals surface area contributed by atoms with E-state index in [2.05, 4.69) is 10.6 Å². The molecule has 0 unspecified atom stereocenters. The van der Waals surface area contributed by atoms with Gasteiger partial charge in [-0.1, -0.05) is 24.6 Å². The van der Waals surface area contributed by atoms with Crippen molar-refractivity contribution in [2.45, 2.75) is 13.3 Å². The molecule has 1 aromatic carbocycles. The molecule has 0 saturated heterocycles. The molecule has 8 heteroatoms. The first kappa shape index (κ1) is 19.1. The third-order valence-electron chi connectivity index (χ3n) is 2.26. The quantitative estimate of drug-likeness (QED) is 0.356. The van der Waals surface area contributed by atoms with Crippen molar-refractivity contribution in [3.8, 4) is 0 Å². The predicted octanol–water partition coefficient (Wildman–Crippen LogP) is 1.51. The van der Waals surface area contributed by atoms with Gasteiger partial charge in [0.2, 0.25) is 0 Å². The minimum atomic E-state index is -0.406. The first-order valence-electron chi connectivity index (χ1n) is 5.60. The number of benzene rings is 1. The van der Waals surface area contributed by atoms with E-state index in [0.717, 1.165) is 0 Å². The topological polar surface area (TPSA) is 84.3 Å². The molecule has 0 bridgehead atoms. The Morgan fingerprint density at radius 1 is 1.40 bits per heavy atom. The zero-order valence-corrected chi connectivity index (χ0v) is 14.6. The van der Waals surface area contributed by atoms with Gasteiger partial charge in [-0.2, -0.15) is 6.92 Å². The zero-order chi connectivity index (χ0) is 14.3. The Hall–Kier alpha value is -0.916. The van der Waals surface area contributed by atoms with Crippen LogP contribution in [0.5, 0.6) is 0 Å². The third-order valence-corrected chi connectivity index (χ3v) is 2.46. The molecule has 0 radical (unpaired) electrons. The van der Waals surface area contributed by atoms with Crippen molar-refractivity contribution in [2.75, 3.05) is 6.54 Å². The van der Waals surface area contributed by atoms with Gasteiger partial charge in [-0.15, -0.1) is 0 Å². The SMILES string of the molecule is C[C-](CC[N+](=O)[O-])NC(=S)NC(=O)c1ccccc1.[Y+3]. The number of nitrogens with zero attached hydrogens (tertiary/aromatic N) is 1. The summed E-state index contributed by atoms with van der Waals surface area (Å²) in [6.45, 7) is 1.51. The summed E-state index contributed by atoms with van der Waals surface area (Å²) in [4.78, 5) is 21.6. The van der Waals surface area contributed by atoms with Gasteiger partial charge in [-0.3, -0.25) is 14.9 Å². The van der Waals surface area contributed by atoms with E-state index in [-0.39, 0.29) is 56.7 Å². The van der Waals surface area contributed by atoms with Gasteiger partial charge in [0.1, 0.15) is 5.11 Å². The molecule has 0 atom stereocenters. The van der Waals surface area contributed by atoms with E-state index in [1.54, 1.807) is 31.2 Å². The van der Waals surface area contributed by atoms with E-state index >= 15 is 0 Å². The molecule has 0 spiro atoms. The largest absolute Gasteiger partial charge is 3.00 e. The van der Waals surface area contributed by atoms with Crippen LogP contribution in [0.25, 0.3) is 0 Å². The fourth-order valence-corrected chi connectivity index (χ4v) is 1.58. The van der Waals surface area contributed by atoms with E-state index in [9.17, 15) is 14.9 Å². The van der Waals surface area contributed by atoms with E-state index in [0.29, 0.717) is 11.6 Å². The van der Waals surface area contributed by atoms with Gasteiger partial charge in [-0.05, 0) is 24.4 Å². The van der Waals surface area contributed by atoms with Crippen LogP contribution in [0, 0.1) is 16.2 Å². The zero-order valence-electron chi connectivity index (χ0n) is 11.0. The number of amides is 1. The molecule has 0 aliphatic heterocycles. The molecule has 1 rings (SSSR count). The molecule has 0 saturated carbocycles. The maximum Gasteiger partial charge on any atom is 3.00 e. The minimum absolute atomic E-state index is 0. The third kappa shape index (κ3) is 7.62. The molecule has 1 aromatic rings. The van der Waals surface area contributed by atoms with E-state index in [1.165, 1.54) is 0 Å². The number of nitro groups is 1. The van der Waals surface area contributed by atoms with Crippen LogP contribution in [-0.4, -0.2) is 22.5 Å². The summed E-state index contributed by atoms with van der Waals surface area (Å²) in [5, 5.41) is 15.6. The fourth-order valence-electron chi connectivity index (χ4n) is 1.31. The minimum Gasteiger partial charge on any atom is -0.509 e. The van der Waals surface area contributed by atoms with Crippen LogP contribution in [-0.2, 0) is 32.7 Å². The Balaban J connectivity index is 0.00000361. The Morgan fingerprint density at radius 3 is 2.55 bits per heavy atom. The first-order valence-corrected chi connectivity index (χ1v) is 6.01. The van der Waals surface area contributed by atoms with Crippen LogP contribution in [0.3, 0.4) is 0 Å². The van der Waals surface area contributed by atoms with Gasteiger partial charge in [0, 0.05) is 10.5 Å². The normalized spacial score (nSPS) is 9.50. The number of carbonyl (C=O) groups is 1. The molecular weight excluding hydrogens is 355 g/mol.